The molecule has 0 aliphatic heterocycles. The minimum absolute atomic E-state index is 0.262. The molecule has 0 fully saturated rings. The number of aliphatic imine (C=N–C) groups is 1. The Balaban J connectivity index is 2.62. The number of nitrogens with zero attached hydrogens (tertiary/aromatic N) is 1. The maximum Gasteiger partial charge on any atom is 0.240 e. The molecule has 0 radical (unpaired) electrons. The van der Waals surface area contributed by atoms with Gasteiger partial charge in [0.05, 0.1) is 4.90 Å². The van der Waals surface area contributed by atoms with E-state index in [0.29, 0.717) is 24.5 Å². The monoisotopic (exact) mass is 354 g/mol. The molecule has 0 amide bonds. The van der Waals surface area contributed by atoms with Crippen molar-refractivity contribution in [2.75, 3.05) is 14.1 Å². The predicted octanol–water partition coefficient (Wildman–Crippen LogP) is 2.08. The maximum atomic E-state index is 11.9. The fourth-order valence-corrected chi connectivity index (χ4v) is 3.01. The highest BCUT2D eigenvalue weighted by Crippen LogP contribution is 2.11. The zero-order valence-corrected chi connectivity index (χ0v) is 16.1. The second kappa shape index (κ2) is 9.64. The van der Waals surface area contributed by atoms with Gasteiger partial charge < -0.3 is 10.6 Å². The lowest BCUT2D eigenvalue weighted by atomic mass is 10.0. The van der Waals surface area contributed by atoms with Crippen LogP contribution in [0.1, 0.15) is 39.2 Å². The summed E-state index contributed by atoms with van der Waals surface area (Å²) in [5, 5.41) is 6.58. The van der Waals surface area contributed by atoms with Crippen molar-refractivity contribution < 1.29 is 8.42 Å². The van der Waals surface area contributed by atoms with Crippen molar-refractivity contribution in [2.45, 2.75) is 51.1 Å². The van der Waals surface area contributed by atoms with Crippen molar-refractivity contribution in [3.05, 3.63) is 29.8 Å². The molecule has 6 nitrogen and oxygen atoms in total. The van der Waals surface area contributed by atoms with E-state index in [9.17, 15) is 8.42 Å². The maximum absolute atomic E-state index is 11.9. The number of benzene rings is 1. The molecule has 0 saturated heterocycles. The summed E-state index contributed by atoms with van der Waals surface area (Å²) in [5.74, 6) is 1.40. The highest BCUT2D eigenvalue weighted by atomic mass is 32.2. The van der Waals surface area contributed by atoms with Gasteiger partial charge in [-0.05, 0) is 50.4 Å². The van der Waals surface area contributed by atoms with Gasteiger partial charge in [-0.1, -0.05) is 26.0 Å². The summed E-state index contributed by atoms with van der Waals surface area (Å²) in [6, 6.07) is 7.19. The SMILES string of the molecule is CN=C(NCc1cccc(S(=O)(=O)NC)c1)NC(C)CCC(C)C. The van der Waals surface area contributed by atoms with Gasteiger partial charge in [0.25, 0.3) is 0 Å². The topological polar surface area (TPSA) is 82.6 Å². The van der Waals surface area contributed by atoms with Gasteiger partial charge in [-0.25, -0.2) is 13.1 Å². The molecule has 0 aliphatic carbocycles. The Morgan fingerprint density at radius 3 is 2.50 bits per heavy atom. The van der Waals surface area contributed by atoms with Crippen LogP contribution >= 0.6 is 0 Å². The lowest BCUT2D eigenvalue weighted by Crippen LogP contribution is -2.41. The van der Waals surface area contributed by atoms with Crippen LogP contribution < -0.4 is 15.4 Å². The van der Waals surface area contributed by atoms with Crippen LogP contribution in [0.4, 0.5) is 0 Å². The van der Waals surface area contributed by atoms with E-state index < -0.39 is 10.0 Å². The largest absolute Gasteiger partial charge is 0.354 e. The molecular formula is C17H30N4O2S. The lowest BCUT2D eigenvalue weighted by Gasteiger charge is -2.19. The van der Waals surface area contributed by atoms with E-state index in [1.54, 1.807) is 25.2 Å². The van der Waals surface area contributed by atoms with E-state index >= 15 is 0 Å². The second-order valence-electron chi connectivity index (χ2n) is 6.30. The minimum Gasteiger partial charge on any atom is -0.354 e. The number of nitrogens with one attached hydrogen (secondary N) is 3. The van der Waals surface area contributed by atoms with Gasteiger partial charge in [0.15, 0.2) is 5.96 Å². The summed E-state index contributed by atoms with van der Waals surface area (Å²) >= 11 is 0. The van der Waals surface area contributed by atoms with Gasteiger partial charge in [0.2, 0.25) is 10.0 Å². The first-order valence-electron chi connectivity index (χ1n) is 8.28. The third-order valence-electron chi connectivity index (χ3n) is 3.72. The molecular weight excluding hydrogens is 324 g/mol. The summed E-state index contributed by atoms with van der Waals surface area (Å²) in [7, 11) is -0.287. The number of rotatable bonds is 8. The van der Waals surface area contributed by atoms with E-state index in [1.165, 1.54) is 7.05 Å². The predicted molar refractivity (Wildman–Crippen MR) is 99.6 cm³/mol. The van der Waals surface area contributed by atoms with Crippen molar-refractivity contribution >= 4 is 16.0 Å². The molecule has 7 heteroatoms. The Hall–Kier alpha value is -1.60. The molecule has 0 spiro atoms. The second-order valence-corrected chi connectivity index (χ2v) is 8.18. The van der Waals surface area contributed by atoms with Gasteiger partial charge in [0.1, 0.15) is 0 Å². The standard InChI is InChI=1S/C17H30N4O2S/c1-13(2)9-10-14(3)21-17(18-4)20-12-15-7-6-8-16(11-15)24(22,23)19-5/h6-8,11,13-14,19H,9-10,12H2,1-5H3,(H2,18,20,21). The normalized spacial score (nSPS) is 13.8. The molecule has 1 atom stereocenters. The first-order chi connectivity index (χ1) is 11.3. The fraction of sp³-hybridized carbons (Fsp3) is 0.588. The van der Waals surface area contributed by atoms with E-state index in [0.717, 1.165) is 18.4 Å². The van der Waals surface area contributed by atoms with Crippen LogP contribution in [0.5, 0.6) is 0 Å². The van der Waals surface area contributed by atoms with Crippen LogP contribution in [-0.2, 0) is 16.6 Å². The molecule has 1 aromatic carbocycles. The summed E-state index contributed by atoms with van der Waals surface area (Å²) < 4.78 is 26.0. The van der Waals surface area contributed by atoms with Crippen LogP contribution in [0.2, 0.25) is 0 Å². The highest BCUT2D eigenvalue weighted by Gasteiger charge is 2.11. The fourth-order valence-electron chi connectivity index (χ4n) is 2.21. The lowest BCUT2D eigenvalue weighted by molar-refractivity contribution is 0.489. The highest BCUT2D eigenvalue weighted by molar-refractivity contribution is 7.89. The van der Waals surface area contributed by atoms with Crippen molar-refractivity contribution in [1.82, 2.24) is 15.4 Å². The van der Waals surface area contributed by atoms with Gasteiger partial charge in [-0.3, -0.25) is 4.99 Å². The zero-order valence-electron chi connectivity index (χ0n) is 15.3. The van der Waals surface area contributed by atoms with Crippen molar-refractivity contribution in [2.24, 2.45) is 10.9 Å². The summed E-state index contributed by atoms with van der Waals surface area (Å²) in [5.41, 5.74) is 0.879. The Labute approximate surface area is 146 Å². The van der Waals surface area contributed by atoms with E-state index in [-0.39, 0.29) is 4.90 Å². The minimum atomic E-state index is -3.42. The third kappa shape index (κ3) is 6.88. The van der Waals surface area contributed by atoms with Gasteiger partial charge in [-0.2, -0.15) is 0 Å². The Bertz CT molecular complexity index is 642. The van der Waals surface area contributed by atoms with Crippen molar-refractivity contribution in [3.8, 4) is 0 Å². The molecule has 0 saturated carbocycles. The summed E-state index contributed by atoms with van der Waals surface area (Å²) in [4.78, 5) is 4.48. The molecule has 0 bridgehead atoms. The first kappa shape index (κ1) is 20.4. The molecule has 1 rings (SSSR count). The quantitative estimate of drug-likeness (QED) is 0.493. The molecule has 0 heterocycles. The molecule has 24 heavy (non-hydrogen) atoms. The Morgan fingerprint density at radius 2 is 1.92 bits per heavy atom. The van der Waals surface area contributed by atoms with Crippen LogP contribution in [0, 0.1) is 5.92 Å². The summed E-state index contributed by atoms with van der Waals surface area (Å²) in [6.07, 6.45) is 2.24. The molecule has 3 N–H and O–H groups in total. The number of guanidine groups is 1. The van der Waals surface area contributed by atoms with Crippen molar-refractivity contribution in [1.29, 1.82) is 0 Å². The van der Waals surface area contributed by atoms with E-state index in [4.69, 9.17) is 0 Å². The number of hydrogen-bond donors (Lipinski definition) is 3. The Kier molecular flexibility index (Phi) is 8.21. The molecule has 0 aromatic heterocycles. The average molecular weight is 355 g/mol. The Morgan fingerprint density at radius 1 is 1.21 bits per heavy atom. The van der Waals surface area contributed by atoms with Gasteiger partial charge >= 0.3 is 0 Å². The number of sulfonamides is 1. The zero-order chi connectivity index (χ0) is 18.2. The third-order valence-corrected chi connectivity index (χ3v) is 5.13. The van der Waals surface area contributed by atoms with Gasteiger partial charge in [0, 0.05) is 19.6 Å². The smallest absolute Gasteiger partial charge is 0.240 e. The molecule has 0 aliphatic rings. The molecule has 1 unspecified atom stereocenters. The first-order valence-corrected chi connectivity index (χ1v) is 9.76. The number of hydrogen-bond acceptors (Lipinski definition) is 3. The van der Waals surface area contributed by atoms with Crippen LogP contribution in [0.3, 0.4) is 0 Å². The average Bonchev–Trinajstić information content (AvgIpc) is 2.56. The van der Waals surface area contributed by atoms with Crippen LogP contribution in [0.25, 0.3) is 0 Å². The van der Waals surface area contributed by atoms with Crippen LogP contribution in [0.15, 0.2) is 34.2 Å². The van der Waals surface area contributed by atoms with Crippen molar-refractivity contribution in [3.63, 3.8) is 0 Å². The summed E-state index contributed by atoms with van der Waals surface area (Å²) in [6.45, 7) is 7.07. The molecule has 1 aromatic rings. The van der Waals surface area contributed by atoms with E-state index in [1.807, 2.05) is 6.07 Å². The van der Waals surface area contributed by atoms with Gasteiger partial charge in [-0.15, -0.1) is 0 Å². The molecule has 136 valence electrons. The van der Waals surface area contributed by atoms with Crippen LogP contribution in [-0.4, -0.2) is 34.5 Å². The van der Waals surface area contributed by atoms with E-state index in [2.05, 4.69) is 41.1 Å².